The molecule has 1 heterocycles. The van der Waals surface area contributed by atoms with Crippen LogP contribution in [-0.2, 0) is 16.0 Å². The Bertz CT molecular complexity index is 834. The van der Waals surface area contributed by atoms with Crippen molar-refractivity contribution in [3.63, 3.8) is 0 Å². The summed E-state index contributed by atoms with van der Waals surface area (Å²) in [7, 11) is 5.52. The third-order valence-corrected chi connectivity index (χ3v) is 4.78. The maximum atomic E-state index is 12.6. The van der Waals surface area contributed by atoms with Gasteiger partial charge in [0.1, 0.15) is 5.75 Å². The highest BCUT2D eigenvalue weighted by atomic mass is 16.5. The first-order valence-electron chi connectivity index (χ1n) is 8.87. The predicted octanol–water partition coefficient (Wildman–Crippen LogP) is 2.20. The van der Waals surface area contributed by atoms with Crippen LogP contribution in [0.25, 0.3) is 0 Å². The van der Waals surface area contributed by atoms with Gasteiger partial charge in [0.25, 0.3) is 5.91 Å². The Morgan fingerprint density at radius 2 is 1.93 bits per heavy atom. The summed E-state index contributed by atoms with van der Waals surface area (Å²) in [6.45, 7) is 0.377. The minimum atomic E-state index is -0.812. The van der Waals surface area contributed by atoms with Gasteiger partial charge in [-0.2, -0.15) is 0 Å². The average Bonchev–Trinajstić information content (AvgIpc) is 2.68. The number of carbonyl (C=O) groups is 2. The molecule has 1 N–H and O–H groups in total. The maximum absolute atomic E-state index is 12.6. The first-order valence-corrected chi connectivity index (χ1v) is 8.87. The van der Waals surface area contributed by atoms with Gasteiger partial charge in [0, 0.05) is 18.5 Å². The molecule has 0 saturated carbocycles. The smallest absolute Gasteiger partial charge is 0.339 e. The zero-order chi connectivity index (χ0) is 19.4. The number of carbonyl (C=O) groups excluding carboxylic acids is 2. The van der Waals surface area contributed by atoms with Crippen LogP contribution >= 0.6 is 0 Å². The van der Waals surface area contributed by atoms with E-state index in [1.54, 1.807) is 19.2 Å². The Balaban J connectivity index is 1.70. The van der Waals surface area contributed by atoms with Gasteiger partial charge in [0.15, 0.2) is 6.10 Å². The van der Waals surface area contributed by atoms with E-state index in [4.69, 9.17) is 9.47 Å². The van der Waals surface area contributed by atoms with Gasteiger partial charge in [0.2, 0.25) is 0 Å². The Morgan fingerprint density at radius 3 is 2.67 bits per heavy atom. The van der Waals surface area contributed by atoms with Crippen LogP contribution in [-0.4, -0.2) is 50.6 Å². The van der Waals surface area contributed by atoms with Crippen molar-refractivity contribution < 1.29 is 19.1 Å². The summed E-state index contributed by atoms with van der Waals surface area (Å²) in [6.07, 6.45) is -0.428. The van der Waals surface area contributed by atoms with Crippen molar-refractivity contribution >= 4 is 11.9 Å². The lowest BCUT2D eigenvalue weighted by molar-refractivity contribution is -0.130. The number of hydrogen-bond donors (Lipinski definition) is 1. The molecule has 0 aromatic heterocycles. The number of para-hydroxylation sites is 1. The van der Waals surface area contributed by atoms with E-state index in [2.05, 4.69) is 5.32 Å². The van der Waals surface area contributed by atoms with Gasteiger partial charge in [0.05, 0.1) is 18.7 Å². The van der Waals surface area contributed by atoms with E-state index < -0.39 is 12.1 Å². The first-order chi connectivity index (χ1) is 13.0. The number of methoxy groups -OCH3 is 1. The van der Waals surface area contributed by atoms with Crippen molar-refractivity contribution in [2.24, 2.45) is 0 Å². The van der Waals surface area contributed by atoms with Crippen LogP contribution in [0.1, 0.15) is 27.5 Å². The highest BCUT2D eigenvalue weighted by molar-refractivity contribution is 5.95. The van der Waals surface area contributed by atoms with E-state index in [0.717, 1.165) is 16.9 Å². The van der Waals surface area contributed by atoms with Crippen molar-refractivity contribution in [3.8, 4) is 5.75 Å². The monoisotopic (exact) mass is 368 g/mol. The molecule has 27 heavy (non-hydrogen) atoms. The van der Waals surface area contributed by atoms with Gasteiger partial charge in [-0.25, -0.2) is 4.79 Å². The zero-order valence-electron chi connectivity index (χ0n) is 15.8. The lowest BCUT2D eigenvalue weighted by Crippen LogP contribution is -2.44. The fraction of sp³-hybridized carbons (Fsp3) is 0.333. The average molecular weight is 368 g/mol. The molecule has 0 spiro atoms. The maximum Gasteiger partial charge on any atom is 0.339 e. The third kappa shape index (κ3) is 4.11. The number of likely N-dealkylation sites (N-methyl/N-ethyl adjacent to an activating group) is 1. The van der Waals surface area contributed by atoms with E-state index in [1.807, 2.05) is 55.4 Å². The Morgan fingerprint density at radius 1 is 1.22 bits per heavy atom. The summed E-state index contributed by atoms with van der Waals surface area (Å²) >= 11 is 0. The van der Waals surface area contributed by atoms with Crippen molar-refractivity contribution in [3.05, 3.63) is 65.2 Å². The van der Waals surface area contributed by atoms with Gasteiger partial charge >= 0.3 is 5.97 Å². The first kappa shape index (κ1) is 18.9. The molecule has 1 aliphatic rings. The molecule has 2 aromatic rings. The van der Waals surface area contributed by atoms with Crippen LogP contribution in [0.15, 0.2) is 48.5 Å². The molecular weight excluding hydrogens is 344 g/mol. The molecule has 142 valence electrons. The third-order valence-electron chi connectivity index (χ3n) is 4.78. The van der Waals surface area contributed by atoms with Crippen LogP contribution in [0.3, 0.4) is 0 Å². The molecule has 6 heteroatoms. The topological polar surface area (TPSA) is 67.9 Å². The fourth-order valence-corrected chi connectivity index (χ4v) is 3.30. The molecule has 6 nitrogen and oxygen atoms in total. The van der Waals surface area contributed by atoms with E-state index in [1.165, 1.54) is 0 Å². The molecule has 2 unspecified atom stereocenters. The summed E-state index contributed by atoms with van der Waals surface area (Å²) in [5, 5.41) is 2.92. The number of rotatable bonds is 6. The van der Waals surface area contributed by atoms with E-state index in [9.17, 15) is 9.59 Å². The van der Waals surface area contributed by atoms with Gasteiger partial charge in [-0.15, -0.1) is 0 Å². The minimum Gasteiger partial charge on any atom is -0.496 e. The lowest BCUT2D eigenvalue weighted by atomic mass is 9.98. The molecule has 0 bridgehead atoms. The Hall–Kier alpha value is -2.86. The second-order valence-corrected chi connectivity index (χ2v) is 6.72. The van der Waals surface area contributed by atoms with Crippen molar-refractivity contribution in [2.45, 2.75) is 18.6 Å². The molecule has 2 aromatic carbocycles. The van der Waals surface area contributed by atoms with E-state index >= 15 is 0 Å². The SMILES string of the molecule is COc1ccccc1C(CNC(=O)C1Cc2ccccc2C(=O)O1)N(C)C. The van der Waals surface area contributed by atoms with Gasteiger partial charge in [-0.05, 0) is 31.8 Å². The molecule has 0 aliphatic carbocycles. The van der Waals surface area contributed by atoms with Gasteiger partial charge < -0.3 is 19.7 Å². The number of benzene rings is 2. The molecule has 0 saturated heterocycles. The summed E-state index contributed by atoms with van der Waals surface area (Å²) < 4.78 is 10.8. The normalized spacial score (nSPS) is 17.0. The second-order valence-electron chi connectivity index (χ2n) is 6.72. The van der Waals surface area contributed by atoms with E-state index in [0.29, 0.717) is 18.5 Å². The van der Waals surface area contributed by atoms with Crippen molar-refractivity contribution in [2.75, 3.05) is 27.7 Å². The van der Waals surface area contributed by atoms with Gasteiger partial charge in [-0.1, -0.05) is 36.4 Å². The number of cyclic esters (lactones) is 1. The summed E-state index contributed by atoms with van der Waals surface area (Å²) in [5.41, 5.74) is 2.35. The lowest BCUT2D eigenvalue weighted by Gasteiger charge is -2.28. The zero-order valence-corrected chi connectivity index (χ0v) is 15.8. The van der Waals surface area contributed by atoms with Crippen molar-refractivity contribution in [1.82, 2.24) is 10.2 Å². The van der Waals surface area contributed by atoms with Crippen LogP contribution in [0.4, 0.5) is 0 Å². The van der Waals surface area contributed by atoms with Crippen LogP contribution in [0.2, 0.25) is 0 Å². The minimum absolute atomic E-state index is 0.0725. The van der Waals surface area contributed by atoms with E-state index in [-0.39, 0.29) is 11.9 Å². The van der Waals surface area contributed by atoms with Gasteiger partial charge in [-0.3, -0.25) is 4.79 Å². The van der Waals surface area contributed by atoms with Crippen LogP contribution < -0.4 is 10.1 Å². The number of amides is 1. The quantitative estimate of drug-likeness (QED) is 0.792. The highest BCUT2D eigenvalue weighted by Crippen LogP contribution is 2.27. The highest BCUT2D eigenvalue weighted by Gasteiger charge is 2.31. The second kappa shape index (κ2) is 8.22. The summed E-state index contributed by atoms with van der Waals surface area (Å²) in [5.74, 6) is 0.0222. The standard InChI is InChI=1S/C21H24N2O4/c1-23(2)17(16-10-6-7-11-18(16)26-3)13-22-20(24)19-12-14-8-4-5-9-15(14)21(25)27-19/h4-11,17,19H,12-13H2,1-3H3,(H,22,24). The number of nitrogens with one attached hydrogen (secondary N) is 1. The van der Waals surface area contributed by atoms with Crippen LogP contribution in [0.5, 0.6) is 5.75 Å². The summed E-state index contributed by atoms with van der Waals surface area (Å²) in [4.78, 5) is 26.8. The molecular formula is C21H24N2O4. The largest absolute Gasteiger partial charge is 0.496 e. The van der Waals surface area contributed by atoms with Crippen molar-refractivity contribution in [1.29, 1.82) is 0 Å². The number of fused-ring (bicyclic) bond motifs is 1. The number of hydrogen-bond acceptors (Lipinski definition) is 5. The predicted molar refractivity (Wildman–Crippen MR) is 102 cm³/mol. The van der Waals surface area contributed by atoms with Crippen LogP contribution in [0, 0.1) is 0 Å². The molecule has 3 rings (SSSR count). The summed E-state index contributed by atoms with van der Waals surface area (Å²) in [6, 6.07) is 14.9. The Labute approximate surface area is 159 Å². The molecule has 0 radical (unpaired) electrons. The molecule has 2 atom stereocenters. The number of esters is 1. The number of ether oxygens (including phenoxy) is 2. The molecule has 0 fully saturated rings. The Kier molecular flexibility index (Phi) is 5.76. The fourth-order valence-electron chi connectivity index (χ4n) is 3.30. The molecule has 1 amide bonds. The number of nitrogens with zero attached hydrogens (tertiary/aromatic N) is 1. The molecule has 1 aliphatic heterocycles.